The van der Waals surface area contributed by atoms with E-state index in [2.05, 4.69) is 15.3 Å². The van der Waals surface area contributed by atoms with E-state index in [9.17, 15) is 18.0 Å². The Hall–Kier alpha value is -2.03. The van der Waals surface area contributed by atoms with E-state index in [-0.39, 0.29) is 30.4 Å². The average Bonchev–Trinajstić information content (AvgIpc) is 3.01. The molecular formula is C13H14ClF3N4O2. The third kappa shape index (κ3) is 3.19. The molecule has 0 saturated carbocycles. The number of esters is 1. The van der Waals surface area contributed by atoms with E-state index in [0.29, 0.717) is 24.0 Å². The highest BCUT2D eigenvalue weighted by Crippen LogP contribution is 2.35. The highest BCUT2D eigenvalue weighted by molar-refractivity contribution is 5.92. The summed E-state index contributed by atoms with van der Waals surface area (Å²) in [6.07, 6.45) is -2.01. The first-order valence-electron chi connectivity index (χ1n) is 6.77. The topological polar surface area (TPSA) is 72.8 Å². The van der Waals surface area contributed by atoms with Gasteiger partial charge in [-0.1, -0.05) is 0 Å². The molecule has 2 aromatic rings. The number of hydrogen-bond donors (Lipinski definition) is 1. The third-order valence-electron chi connectivity index (χ3n) is 3.45. The van der Waals surface area contributed by atoms with Crippen LogP contribution in [0.1, 0.15) is 28.7 Å². The number of hydrogen-bond acceptors (Lipinski definition) is 4. The number of halogens is 4. The molecule has 0 saturated heterocycles. The van der Waals surface area contributed by atoms with Crippen molar-refractivity contribution >= 4 is 18.4 Å². The number of carbonyl (C=O) groups excluding carboxylic acids is 1. The van der Waals surface area contributed by atoms with Gasteiger partial charge >= 0.3 is 12.1 Å². The summed E-state index contributed by atoms with van der Waals surface area (Å²) in [5, 5.41) is 10.5. The van der Waals surface area contributed by atoms with E-state index in [1.165, 1.54) is 6.20 Å². The Kier molecular flexibility index (Phi) is 4.69. The normalized spacial score (nSPS) is 13.0. The van der Waals surface area contributed by atoms with Crippen molar-refractivity contribution in [2.45, 2.75) is 32.5 Å². The molecule has 2 aromatic heterocycles. The fourth-order valence-corrected chi connectivity index (χ4v) is 2.64. The average molecular weight is 351 g/mol. The first-order chi connectivity index (χ1) is 10.4. The number of carbonyl (C=O) groups is 1. The highest BCUT2D eigenvalue weighted by Gasteiger charge is 2.35. The van der Waals surface area contributed by atoms with Gasteiger partial charge in [0.15, 0.2) is 5.69 Å². The predicted octanol–water partition coefficient (Wildman–Crippen LogP) is 2.53. The van der Waals surface area contributed by atoms with Crippen molar-refractivity contribution in [3.05, 3.63) is 23.1 Å². The zero-order valence-electron chi connectivity index (χ0n) is 12.1. The summed E-state index contributed by atoms with van der Waals surface area (Å²) in [7, 11) is 0. The zero-order chi connectivity index (χ0) is 15.9. The van der Waals surface area contributed by atoms with Crippen LogP contribution in [0, 0.1) is 0 Å². The van der Waals surface area contributed by atoms with Gasteiger partial charge in [-0.05, 0) is 19.8 Å². The number of nitrogens with one attached hydrogen (secondary N) is 1. The Bertz CT molecular complexity index is 723. The van der Waals surface area contributed by atoms with E-state index in [4.69, 9.17) is 4.74 Å². The predicted molar refractivity (Wildman–Crippen MR) is 76.5 cm³/mol. The zero-order valence-corrected chi connectivity index (χ0v) is 12.9. The van der Waals surface area contributed by atoms with Crippen molar-refractivity contribution in [1.82, 2.24) is 20.0 Å². The summed E-state index contributed by atoms with van der Waals surface area (Å²) in [6.45, 7) is 0.501. The maximum absolute atomic E-state index is 12.8. The van der Waals surface area contributed by atoms with Gasteiger partial charge in [0.1, 0.15) is 6.54 Å². The van der Waals surface area contributed by atoms with Crippen LogP contribution in [-0.2, 0) is 24.1 Å². The van der Waals surface area contributed by atoms with E-state index in [1.807, 2.05) is 0 Å². The minimum absolute atomic E-state index is 0. The fourth-order valence-electron chi connectivity index (χ4n) is 2.64. The van der Waals surface area contributed by atoms with Crippen LogP contribution in [0.3, 0.4) is 0 Å². The molecule has 3 rings (SSSR count). The minimum atomic E-state index is -4.44. The first kappa shape index (κ1) is 17.3. The van der Waals surface area contributed by atoms with Crippen molar-refractivity contribution < 1.29 is 22.7 Å². The van der Waals surface area contributed by atoms with Gasteiger partial charge in [0.2, 0.25) is 0 Å². The molecule has 0 fully saturated rings. The molecule has 0 aromatic carbocycles. The Labute approximate surface area is 135 Å². The smallest absolute Gasteiger partial charge is 0.408 e. The monoisotopic (exact) mass is 350 g/mol. The van der Waals surface area contributed by atoms with Crippen molar-refractivity contribution in [2.24, 2.45) is 0 Å². The van der Waals surface area contributed by atoms with Gasteiger partial charge < -0.3 is 4.74 Å². The van der Waals surface area contributed by atoms with Gasteiger partial charge in [-0.15, -0.1) is 12.4 Å². The number of rotatable bonds is 3. The molecule has 6 nitrogen and oxygen atoms in total. The minimum Gasteiger partial charge on any atom is -0.461 e. The van der Waals surface area contributed by atoms with Crippen LogP contribution in [0.5, 0.6) is 0 Å². The molecule has 0 spiro atoms. The summed E-state index contributed by atoms with van der Waals surface area (Å²) in [4.78, 5) is 11.9. The van der Waals surface area contributed by atoms with E-state index >= 15 is 0 Å². The second-order valence-electron chi connectivity index (χ2n) is 4.93. The van der Waals surface area contributed by atoms with Gasteiger partial charge in [-0.3, -0.25) is 9.78 Å². The van der Waals surface area contributed by atoms with Crippen molar-refractivity contribution in [3.63, 3.8) is 0 Å². The van der Waals surface area contributed by atoms with Crippen LogP contribution < -0.4 is 0 Å². The lowest BCUT2D eigenvalue weighted by Gasteiger charge is -2.15. The molecule has 0 bridgehead atoms. The van der Waals surface area contributed by atoms with Crippen LogP contribution in [0.2, 0.25) is 0 Å². The molecule has 1 aliphatic rings. The lowest BCUT2D eigenvalue weighted by molar-refractivity contribution is -0.142. The SMILES string of the molecule is CCOC(=O)c1nn(CC(F)(F)F)c2c1CCc1[nH]ncc1-2.Cl. The lowest BCUT2D eigenvalue weighted by Crippen LogP contribution is -2.20. The van der Waals surface area contributed by atoms with E-state index in [1.54, 1.807) is 6.92 Å². The summed E-state index contributed by atoms with van der Waals surface area (Å²) >= 11 is 0. The molecule has 0 atom stereocenters. The Morgan fingerprint density at radius 2 is 2.17 bits per heavy atom. The highest BCUT2D eigenvalue weighted by atomic mass is 35.5. The van der Waals surface area contributed by atoms with Crippen molar-refractivity contribution in [1.29, 1.82) is 0 Å². The first-order valence-corrected chi connectivity index (χ1v) is 6.77. The number of alkyl halides is 3. The van der Waals surface area contributed by atoms with Gasteiger partial charge in [0, 0.05) is 16.8 Å². The quantitative estimate of drug-likeness (QED) is 0.863. The van der Waals surface area contributed by atoms with Gasteiger partial charge in [0.05, 0.1) is 18.5 Å². The van der Waals surface area contributed by atoms with Crippen LogP contribution in [0.25, 0.3) is 11.3 Å². The van der Waals surface area contributed by atoms with Gasteiger partial charge in [-0.25, -0.2) is 4.79 Å². The summed E-state index contributed by atoms with van der Waals surface area (Å²) in [5.41, 5.74) is 2.01. The molecule has 23 heavy (non-hydrogen) atoms. The number of aromatic amines is 1. The second kappa shape index (κ2) is 6.23. The standard InChI is InChI=1S/C13H13F3N4O2.ClH/c1-2-22-12(21)10-7-3-4-9-8(5-17-18-9)11(7)20(19-10)6-13(14,15)16;/h5H,2-4,6H2,1H3,(H,17,18);1H. The number of ether oxygens (including phenoxy) is 1. The van der Waals surface area contributed by atoms with Crippen molar-refractivity contribution in [2.75, 3.05) is 6.61 Å². The number of nitrogens with zero attached hydrogens (tertiary/aromatic N) is 3. The maximum Gasteiger partial charge on any atom is 0.408 e. The molecule has 126 valence electrons. The Morgan fingerprint density at radius 1 is 1.43 bits per heavy atom. The number of fused-ring (bicyclic) bond motifs is 3. The van der Waals surface area contributed by atoms with E-state index < -0.39 is 18.7 Å². The van der Waals surface area contributed by atoms with Crippen LogP contribution >= 0.6 is 12.4 Å². The lowest BCUT2D eigenvalue weighted by atomic mass is 9.94. The Balaban J connectivity index is 0.00000192. The molecular weight excluding hydrogens is 337 g/mol. The fraction of sp³-hybridized carbons (Fsp3) is 0.462. The summed E-state index contributed by atoms with van der Waals surface area (Å²) in [5.74, 6) is -0.702. The van der Waals surface area contributed by atoms with Gasteiger partial charge in [0.25, 0.3) is 0 Å². The third-order valence-corrected chi connectivity index (χ3v) is 3.45. The summed E-state index contributed by atoms with van der Waals surface area (Å²) in [6, 6.07) is 0. The molecule has 10 heteroatoms. The number of aromatic nitrogens is 4. The second-order valence-corrected chi connectivity index (χ2v) is 4.93. The maximum atomic E-state index is 12.8. The summed E-state index contributed by atoms with van der Waals surface area (Å²) < 4.78 is 44.0. The molecule has 2 heterocycles. The van der Waals surface area contributed by atoms with Crippen LogP contribution in [-0.4, -0.2) is 38.7 Å². The van der Waals surface area contributed by atoms with E-state index in [0.717, 1.165) is 10.4 Å². The molecule has 1 aliphatic carbocycles. The molecule has 0 aliphatic heterocycles. The van der Waals surface area contributed by atoms with Crippen LogP contribution in [0.15, 0.2) is 6.20 Å². The molecule has 0 unspecified atom stereocenters. The number of aryl methyl sites for hydroxylation is 1. The Morgan fingerprint density at radius 3 is 2.83 bits per heavy atom. The van der Waals surface area contributed by atoms with Gasteiger partial charge in [-0.2, -0.15) is 23.4 Å². The molecule has 0 radical (unpaired) electrons. The van der Waals surface area contributed by atoms with Crippen LogP contribution in [0.4, 0.5) is 13.2 Å². The largest absolute Gasteiger partial charge is 0.461 e. The molecule has 0 amide bonds. The van der Waals surface area contributed by atoms with Crippen molar-refractivity contribution in [3.8, 4) is 11.3 Å². The number of H-pyrrole nitrogens is 1. The molecule has 1 N–H and O–H groups in total.